The van der Waals surface area contributed by atoms with Gasteiger partial charge < -0.3 is 4.74 Å². The Morgan fingerprint density at radius 3 is 2.55 bits per heavy atom. The third-order valence-corrected chi connectivity index (χ3v) is 6.56. The van der Waals surface area contributed by atoms with E-state index in [4.69, 9.17) is 4.74 Å². The molecule has 7 nitrogen and oxygen atoms in total. The zero-order valence-electron chi connectivity index (χ0n) is 17.7. The van der Waals surface area contributed by atoms with E-state index in [1.54, 1.807) is 36.4 Å². The van der Waals surface area contributed by atoms with Crippen molar-refractivity contribution in [3.63, 3.8) is 0 Å². The number of nitrogens with zero attached hydrogens (tertiary/aromatic N) is 1. The molecule has 8 heteroatoms. The summed E-state index contributed by atoms with van der Waals surface area (Å²) in [6.45, 7) is 4.10. The lowest BCUT2D eigenvalue weighted by molar-refractivity contribution is -0.142. The molecule has 0 atom stereocenters. The number of aliphatic imine (C=N–C) groups is 1. The number of carbonyl (C=O) groups excluding carboxylic acids is 2. The monoisotopic (exact) mass is 442 g/mol. The number of amidine groups is 1. The third kappa shape index (κ3) is 5.79. The molecule has 1 N–H and O–H groups in total. The summed E-state index contributed by atoms with van der Waals surface area (Å²) in [6, 6.07) is 12.1. The Labute approximate surface area is 182 Å². The van der Waals surface area contributed by atoms with Gasteiger partial charge in [0.15, 0.2) is 12.4 Å². The van der Waals surface area contributed by atoms with Crippen LogP contribution in [0.4, 0.5) is 0 Å². The molecule has 0 saturated heterocycles. The number of esters is 1. The van der Waals surface area contributed by atoms with Crippen molar-refractivity contribution in [2.75, 3.05) is 13.2 Å². The summed E-state index contributed by atoms with van der Waals surface area (Å²) in [6.07, 6.45) is 2.30. The van der Waals surface area contributed by atoms with Gasteiger partial charge in [-0.3, -0.25) is 19.3 Å². The van der Waals surface area contributed by atoms with E-state index in [1.165, 1.54) is 0 Å². The molecule has 31 heavy (non-hydrogen) atoms. The SMILES string of the molecule is Cc1ccc(C(=O)COC(=O)CCCCCN=C2NS(=O)(=O)c3ccccc32)cc1C. The number of rotatable bonds is 9. The number of hydrogen-bond acceptors (Lipinski definition) is 6. The van der Waals surface area contributed by atoms with Gasteiger partial charge in [-0.25, -0.2) is 8.42 Å². The number of nitrogens with one attached hydrogen (secondary N) is 1. The van der Waals surface area contributed by atoms with Crippen molar-refractivity contribution in [2.24, 2.45) is 4.99 Å². The van der Waals surface area contributed by atoms with Crippen molar-refractivity contribution in [1.29, 1.82) is 0 Å². The second-order valence-corrected chi connectivity index (χ2v) is 9.18. The van der Waals surface area contributed by atoms with Crippen LogP contribution in [0.2, 0.25) is 0 Å². The number of ether oxygens (including phenoxy) is 1. The number of sulfonamides is 1. The summed E-state index contributed by atoms with van der Waals surface area (Å²) in [5.74, 6) is -0.257. The van der Waals surface area contributed by atoms with E-state index in [1.807, 2.05) is 19.9 Å². The summed E-state index contributed by atoms with van der Waals surface area (Å²) in [7, 11) is -3.52. The molecule has 164 valence electrons. The highest BCUT2D eigenvalue weighted by Crippen LogP contribution is 2.22. The summed E-state index contributed by atoms with van der Waals surface area (Å²) in [5.41, 5.74) is 3.25. The van der Waals surface area contributed by atoms with Crippen LogP contribution in [-0.4, -0.2) is 39.2 Å². The predicted molar refractivity (Wildman–Crippen MR) is 118 cm³/mol. The van der Waals surface area contributed by atoms with E-state index >= 15 is 0 Å². The Balaban J connectivity index is 1.36. The topological polar surface area (TPSA) is 102 Å². The average molecular weight is 443 g/mol. The van der Waals surface area contributed by atoms with Crippen molar-refractivity contribution >= 4 is 27.6 Å². The molecule has 3 rings (SSSR count). The molecule has 0 saturated carbocycles. The van der Waals surface area contributed by atoms with Crippen LogP contribution in [0.3, 0.4) is 0 Å². The van der Waals surface area contributed by atoms with Gasteiger partial charge in [-0.05, 0) is 56.0 Å². The Morgan fingerprint density at radius 2 is 1.77 bits per heavy atom. The lowest BCUT2D eigenvalue weighted by atomic mass is 10.0. The number of fused-ring (bicyclic) bond motifs is 1. The van der Waals surface area contributed by atoms with Gasteiger partial charge in [0.2, 0.25) is 0 Å². The maximum atomic E-state index is 12.1. The molecule has 0 spiro atoms. The van der Waals surface area contributed by atoms with Gasteiger partial charge in [-0.15, -0.1) is 0 Å². The summed E-state index contributed by atoms with van der Waals surface area (Å²) in [5, 5.41) is 0. The molecule has 1 aliphatic rings. The Morgan fingerprint density at radius 1 is 1.00 bits per heavy atom. The molecule has 1 heterocycles. The first-order valence-electron chi connectivity index (χ1n) is 10.2. The zero-order chi connectivity index (χ0) is 22.4. The molecule has 0 bridgehead atoms. The molecule has 0 unspecified atom stereocenters. The second kappa shape index (κ2) is 9.87. The van der Waals surface area contributed by atoms with Crippen LogP contribution >= 0.6 is 0 Å². The lowest BCUT2D eigenvalue weighted by Gasteiger charge is -2.06. The lowest BCUT2D eigenvalue weighted by Crippen LogP contribution is -2.22. The largest absolute Gasteiger partial charge is 0.457 e. The highest BCUT2D eigenvalue weighted by Gasteiger charge is 2.29. The molecule has 0 aliphatic carbocycles. The quantitative estimate of drug-likeness (QED) is 0.365. The summed E-state index contributed by atoms with van der Waals surface area (Å²) >= 11 is 0. The van der Waals surface area contributed by atoms with Crippen LogP contribution in [0.1, 0.15) is 52.7 Å². The van der Waals surface area contributed by atoms with Gasteiger partial charge in [0.05, 0.1) is 4.90 Å². The molecular weight excluding hydrogens is 416 g/mol. The van der Waals surface area contributed by atoms with Gasteiger partial charge >= 0.3 is 5.97 Å². The van der Waals surface area contributed by atoms with E-state index < -0.39 is 16.0 Å². The highest BCUT2D eigenvalue weighted by molar-refractivity contribution is 7.90. The van der Waals surface area contributed by atoms with Gasteiger partial charge in [0, 0.05) is 24.1 Å². The molecule has 0 fully saturated rings. The number of carbonyl (C=O) groups is 2. The molecule has 2 aromatic rings. The van der Waals surface area contributed by atoms with E-state index in [2.05, 4.69) is 9.71 Å². The second-order valence-electron chi connectivity index (χ2n) is 7.53. The fraction of sp³-hybridized carbons (Fsp3) is 0.348. The van der Waals surface area contributed by atoms with Gasteiger partial charge in [-0.2, -0.15) is 0 Å². The van der Waals surface area contributed by atoms with E-state index in [9.17, 15) is 18.0 Å². The van der Waals surface area contributed by atoms with Crippen LogP contribution in [0.15, 0.2) is 52.4 Å². The first-order valence-corrected chi connectivity index (χ1v) is 11.7. The predicted octanol–water partition coefficient (Wildman–Crippen LogP) is 3.33. The minimum atomic E-state index is -3.52. The first kappa shape index (κ1) is 22.7. The van der Waals surface area contributed by atoms with E-state index in [0.717, 1.165) is 17.5 Å². The highest BCUT2D eigenvalue weighted by atomic mass is 32.2. The number of aryl methyl sites for hydroxylation is 2. The van der Waals surface area contributed by atoms with Crippen LogP contribution < -0.4 is 4.72 Å². The van der Waals surface area contributed by atoms with Gasteiger partial charge in [0.25, 0.3) is 10.0 Å². The minimum Gasteiger partial charge on any atom is -0.457 e. The maximum absolute atomic E-state index is 12.1. The van der Waals surface area contributed by atoms with Crippen molar-refractivity contribution in [1.82, 2.24) is 4.72 Å². The van der Waals surface area contributed by atoms with Crippen molar-refractivity contribution in [3.8, 4) is 0 Å². The van der Waals surface area contributed by atoms with E-state index in [-0.39, 0.29) is 23.7 Å². The number of hydrogen-bond donors (Lipinski definition) is 1. The zero-order valence-corrected chi connectivity index (χ0v) is 18.5. The number of benzene rings is 2. The molecule has 2 aromatic carbocycles. The Bertz CT molecular complexity index is 1120. The molecule has 1 aliphatic heterocycles. The fourth-order valence-corrected chi connectivity index (χ4v) is 4.47. The standard InChI is InChI=1S/C23H26N2O5S/c1-16-11-12-18(14-17(16)2)20(26)15-30-22(27)10-4-3-7-13-24-23-19-8-5-6-9-21(19)31(28,29)25-23/h5-6,8-9,11-12,14H,3-4,7,10,13,15H2,1-2H3,(H,24,25). The van der Waals surface area contributed by atoms with Gasteiger partial charge in [0.1, 0.15) is 5.84 Å². The van der Waals surface area contributed by atoms with E-state index in [0.29, 0.717) is 36.3 Å². The molecule has 0 aromatic heterocycles. The first-order chi connectivity index (χ1) is 14.8. The van der Waals surface area contributed by atoms with Crippen LogP contribution in [0, 0.1) is 13.8 Å². The van der Waals surface area contributed by atoms with Crippen LogP contribution in [0.25, 0.3) is 0 Å². The summed E-state index contributed by atoms with van der Waals surface area (Å²) in [4.78, 5) is 28.6. The van der Waals surface area contributed by atoms with Crippen LogP contribution in [-0.2, 0) is 19.6 Å². The third-order valence-electron chi connectivity index (χ3n) is 5.16. The van der Waals surface area contributed by atoms with Gasteiger partial charge in [-0.1, -0.05) is 30.7 Å². The molecule has 0 amide bonds. The molecule has 0 radical (unpaired) electrons. The fourth-order valence-electron chi connectivity index (χ4n) is 3.22. The Hall–Kier alpha value is -3.00. The van der Waals surface area contributed by atoms with Crippen LogP contribution in [0.5, 0.6) is 0 Å². The smallest absolute Gasteiger partial charge is 0.306 e. The minimum absolute atomic E-state index is 0.216. The average Bonchev–Trinajstić information content (AvgIpc) is 3.01. The van der Waals surface area contributed by atoms with Crippen molar-refractivity contribution < 1.29 is 22.7 Å². The molecular formula is C23H26N2O5S. The van der Waals surface area contributed by atoms with Crippen molar-refractivity contribution in [2.45, 2.75) is 44.4 Å². The normalized spacial score (nSPS) is 15.4. The maximum Gasteiger partial charge on any atom is 0.306 e. The number of unbranched alkanes of at least 4 members (excludes halogenated alkanes) is 2. The Kier molecular flexibility index (Phi) is 7.22. The summed E-state index contributed by atoms with van der Waals surface area (Å²) < 4.78 is 31.6. The number of ketones is 1. The number of Topliss-reactive ketones (excluding diaryl/α,β-unsaturated/α-hetero) is 1. The van der Waals surface area contributed by atoms with Crippen molar-refractivity contribution in [3.05, 3.63) is 64.7 Å².